The predicted octanol–water partition coefficient (Wildman–Crippen LogP) is 5.80. The quantitative estimate of drug-likeness (QED) is 0.394. The summed E-state index contributed by atoms with van der Waals surface area (Å²) in [5.74, 6) is 1.77. The normalized spacial score (nSPS) is 14.7. The zero-order chi connectivity index (χ0) is 22.5. The molecule has 168 valence electrons. The molecular weight excluding hydrogens is 410 g/mol. The van der Waals surface area contributed by atoms with E-state index in [9.17, 15) is 0 Å². The number of nitrogens with one attached hydrogen (secondary N) is 1. The van der Waals surface area contributed by atoms with Crippen molar-refractivity contribution in [1.29, 1.82) is 0 Å². The molecule has 33 heavy (non-hydrogen) atoms. The highest BCUT2D eigenvalue weighted by atomic mass is 16.5. The van der Waals surface area contributed by atoms with E-state index in [1.165, 1.54) is 37.7 Å². The van der Waals surface area contributed by atoms with Crippen molar-refractivity contribution in [3.8, 4) is 5.75 Å². The Labute approximate surface area is 194 Å². The highest BCUT2D eigenvalue weighted by Crippen LogP contribution is 2.30. The van der Waals surface area contributed by atoms with Crippen LogP contribution in [0.3, 0.4) is 0 Å². The van der Waals surface area contributed by atoms with Gasteiger partial charge in [-0.15, -0.1) is 0 Å². The van der Waals surface area contributed by atoms with Crippen molar-refractivity contribution in [2.75, 3.05) is 12.4 Å². The summed E-state index contributed by atoms with van der Waals surface area (Å²) >= 11 is 0. The highest BCUT2D eigenvalue weighted by Gasteiger charge is 2.18. The smallest absolute Gasteiger partial charge is 0.137 e. The van der Waals surface area contributed by atoms with E-state index in [1.54, 1.807) is 13.3 Å². The van der Waals surface area contributed by atoms with Gasteiger partial charge in [-0.3, -0.25) is 9.67 Å². The summed E-state index contributed by atoms with van der Waals surface area (Å²) in [5, 5.41) is 9.77. The number of ether oxygens (including phenoxy) is 1. The maximum Gasteiger partial charge on any atom is 0.137 e. The first-order chi connectivity index (χ1) is 16.3. The number of hydrogen-bond donors (Lipinski definition) is 1. The molecule has 1 saturated carbocycles. The van der Waals surface area contributed by atoms with Crippen LogP contribution in [0.1, 0.15) is 49.1 Å². The second-order valence-electron chi connectivity index (χ2n) is 8.51. The molecule has 4 aromatic rings. The first-order valence-corrected chi connectivity index (χ1v) is 11.6. The number of anilines is 1. The summed E-state index contributed by atoms with van der Waals surface area (Å²) in [5.41, 5.74) is 4.04. The fourth-order valence-corrected chi connectivity index (χ4v) is 4.48. The second-order valence-corrected chi connectivity index (χ2v) is 8.51. The lowest BCUT2D eigenvalue weighted by atomic mass is 9.95. The Bertz CT molecular complexity index is 1220. The average Bonchev–Trinajstić information content (AvgIpc) is 3.23. The standard InChI is InChI=1S/C27H29N5O/c1-33-23-13-10-20(11-14-23)19-32-25-16-18-29-27(30-22-8-3-2-4-9-22)26(25)24(31-32)15-12-21-7-5-6-17-28-21/h5-7,10-18,22H,2-4,8-9,19H2,1H3,(H,29,30). The zero-order valence-electron chi connectivity index (χ0n) is 18.9. The fourth-order valence-electron chi connectivity index (χ4n) is 4.48. The van der Waals surface area contributed by atoms with Gasteiger partial charge in [0.1, 0.15) is 11.6 Å². The first-order valence-electron chi connectivity index (χ1n) is 11.6. The molecule has 3 aromatic heterocycles. The third-order valence-corrected chi connectivity index (χ3v) is 6.23. The van der Waals surface area contributed by atoms with E-state index < -0.39 is 0 Å². The van der Waals surface area contributed by atoms with Gasteiger partial charge in [-0.25, -0.2) is 4.98 Å². The van der Waals surface area contributed by atoms with E-state index >= 15 is 0 Å². The van der Waals surface area contributed by atoms with E-state index in [0.717, 1.165) is 33.9 Å². The SMILES string of the molecule is COc1ccc(Cn2nc(C=Cc3ccccn3)c3c(NC4CCCCC4)nccc32)cc1. The van der Waals surface area contributed by atoms with Gasteiger partial charge in [0, 0.05) is 18.4 Å². The molecule has 0 spiro atoms. The molecule has 1 aromatic carbocycles. The number of methoxy groups -OCH3 is 1. The Balaban J connectivity index is 1.53. The Kier molecular flexibility index (Phi) is 6.33. The van der Waals surface area contributed by atoms with Crippen molar-refractivity contribution in [3.05, 3.63) is 77.9 Å². The third-order valence-electron chi connectivity index (χ3n) is 6.23. The molecule has 0 amide bonds. The van der Waals surface area contributed by atoms with Crippen molar-refractivity contribution in [2.24, 2.45) is 0 Å². The summed E-state index contributed by atoms with van der Waals surface area (Å²) in [6.45, 7) is 0.671. The summed E-state index contributed by atoms with van der Waals surface area (Å²) in [4.78, 5) is 9.15. The van der Waals surface area contributed by atoms with Crippen LogP contribution >= 0.6 is 0 Å². The summed E-state index contributed by atoms with van der Waals surface area (Å²) in [7, 11) is 1.68. The van der Waals surface area contributed by atoms with Crippen LogP contribution < -0.4 is 10.1 Å². The van der Waals surface area contributed by atoms with Crippen molar-refractivity contribution in [2.45, 2.75) is 44.7 Å². The molecule has 1 N–H and O–H groups in total. The summed E-state index contributed by atoms with van der Waals surface area (Å²) in [6.07, 6.45) is 14.0. The van der Waals surface area contributed by atoms with Crippen LogP contribution in [0.4, 0.5) is 5.82 Å². The van der Waals surface area contributed by atoms with Gasteiger partial charge in [0.15, 0.2) is 0 Å². The van der Waals surface area contributed by atoms with E-state index in [0.29, 0.717) is 12.6 Å². The Hall–Kier alpha value is -3.67. The third kappa shape index (κ3) is 4.90. The highest BCUT2D eigenvalue weighted by molar-refractivity contribution is 5.97. The molecule has 5 rings (SSSR count). The maximum absolute atomic E-state index is 5.30. The lowest BCUT2D eigenvalue weighted by molar-refractivity contribution is 0.414. The molecule has 0 radical (unpaired) electrons. The van der Waals surface area contributed by atoms with Crippen LogP contribution in [0.25, 0.3) is 23.1 Å². The Morgan fingerprint density at radius 2 is 1.82 bits per heavy atom. The summed E-state index contributed by atoms with van der Waals surface area (Å²) < 4.78 is 7.36. The molecule has 1 fully saturated rings. The van der Waals surface area contributed by atoms with Gasteiger partial charge in [0.2, 0.25) is 0 Å². The monoisotopic (exact) mass is 439 g/mol. The van der Waals surface area contributed by atoms with E-state index in [2.05, 4.69) is 33.2 Å². The van der Waals surface area contributed by atoms with Gasteiger partial charge >= 0.3 is 0 Å². The molecule has 0 bridgehead atoms. The molecule has 0 unspecified atom stereocenters. The van der Waals surface area contributed by atoms with Gasteiger partial charge in [-0.2, -0.15) is 5.10 Å². The van der Waals surface area contributed by atoms with Gasteiger partial charge < -0.3 is 10.1 Å². The van der Waals surface area contributed by atoms with E-state index in [4.69, 9.17) is 14.8 Å². The molecule has 1 aliphatic rings. The molecule has 0 aliphatic heterocycles. The van der Waals surface area contributed by atoms with Gasteiger partial charge in [0.05, 0.1) is 35.9 Å². The van der Waals surface area contributed by atoms with Gasteiger partial charge in [-0.05, 0) is 60.9 Å². The van der Waals surface area contributed by atoms with Gasteiger partial charge in [0.25, 0.3) is 0 Å². The number of aromatic nitrogens is 4. The first kappa shape index (κ1) is 21.2. The number of fused-ring (bicyclic) bond motifs is 1. The molecule has 3 heterocycles. The molecule has 6 nitrogen and oxygen atoms in total. The van der Waals surface area contributed by atoms with Crippen LogP contribution in [0, 0.1) is 0 Å². The van der Waals surface area contributed by atoms with Crippen molar-refractivity contribution in [3.63, 3.8) is 0 Å². The van der Waals surface area contributed by atoms with Crippen LogP contribution in [-0.4, -0.2) is 32.9 Å². The van der Waals surface area contributed by atoms with Crippen molar-refractivity contribution < 1.29 is 4.74 Å². The van der Waals surface area contributed by atoms with E-state index in [-0.39, 0.29) is 0 Å². The number of hydrogen-bond acceptors (Lipinski definition) is 5. The molecule has 1 aliphatic carbocycles. The second kappa shape index (κ2) is 9.86. The fraction of sp³-hybridized carbons (Fsp3) is 0.296. The summed E-state index contributed by atoms with van der Waals surface area (Å²) in [6, 6.07) is 16.6. The largest absolute Gasteiger partial charge is 0.497 e. The molecule has 6 heteroatoms. The Morgan fingerprint density at radius 3 is 2.58 bits per heavy atom. The van der Waals surface area contributed by atoms with Crippen LogP contribution in [0.5, 0.6) is 5.75 Å². The van der Waals surface area contributed by atoms with Gasteiger partial charge in [-0.1, -0.05) is 37.5 Å². The molecule has 0 atom stereocenters. The average molecular weight is 440 g/mol. The Morgan fingerprint density at radius 1 is 0.970 bits per heavy atom. The topological polar surface area (TPSA) is 64.9 Å². The zero-order valence-corrected chi connectivity index (χ0v) is 18.9. The minimum Gasteiger partial charge on any atom is -0.497 e. The number of nitrogens with zero attached hydrogens (tertiary/aromatic N) is 4. The van der Waals surface area contributed by atoms with Crippen molar-refractivity contribution in [1.82, 2.24) is 19.7 Å². The lowest BCUT2D eigenvalue weighted by Crippen LogP contribution is -2.22. The van der Waals surface area contributed by atoms with E-state index in [1.807, 2.05) is 48.7 Å². The van der Waals surface area contributed by atoms with Crippen LogP contribution in [0.2, 0.25) is 0 Å². The minimum absolute atomic E-state index is 0.467. The van der Waals surface area contributed by atoms with Crippen LogP contribution in [0.15, 0.2) is 60.9 Å². The van der Waals surface area contributed by atoms with Crippen LogP contribution in [-0.2, 0) is 6.54 Å². The maximum atomic E-state index is 5.30. The van der Waals surface area contributed by atoms with Crippen molar-refractivity contribution >= 4 is 28.9 Å². The predicted molar refractivity (Wildman–Crippen MR) is 133 cm³/mol. The number of benzene rings is 1. The molecule has 0 saturated heterocycles. The number of pyridine rings is 2. The minimum atomic E-state index is 0.467. The molecular formula is C27H29N5O. The lowest BCUT2D eigenvalue weighted by Gasteiger charge is -2.23. The number of rotatable bonds is 7.